The van der Waals surface area contributed by atoms with Gasteiger partial charge in [-0.25, -0.2) is 0 Å². The Morgan fingerprint density at radius 1 is 0.974 bits per heavy atom. The standard InChI is InChI=1S/C32H36N4O3/c1-8-19-15(4)22-11-18-10-14(3)21(33-18)12-23-16(5)20(9-2)29(35-23)27-28(32(38)39-7)31(37)26-17(6)24(36-30(26)27)13-25(19)34-22/h10-13,16,20,28,33-36H,8-9H2,1-7H3/b22-11-,23-12-,25-13-,29-27-/t16-,20-,28+/m0/s1. The number of carbonyl (C=O) groups excluding carboxylic acids is 2. The van der Waals surface area contributed by atoms with Gasteiger partial charge in [0.15, 0.2) is 5.78 Å². The summed E-state index contributed by atoms with van der Waals surface area (Å²) in [5, 5.41) is 5.76. The van der Waals surface area contributed by atoms with E-state index in [4.69, 9.17) is 4.74 Å². The number of rotatable bonds is 3. The smallest absolute Gasteiger partial charge is 0.321 e. The average molecular weight is 525 g/mol. The molecule has 202 valence electrons. The Balaban J connectivity index is 1.73. The third kappa shape index (κ3) is 3.63. The highest BCUT2D eigenvalue weighted by molar-refractivity contribution is 6.24. The maximum atomic E-state index is 13.9. The molecule has 0 amide bonds. The van der Waals surface area contributed by atoms with Crippen molar-refractivity contribution >= 4 is 35.6 Å². The fraction of sp³-hybridized carbons (Fsp3) is 0.375. The first kappa shape index (κ1) is 25.3. The van der Waals surface area contributed by atoms with Crippen LogP contribution in [0, 0.1) is 38.5 Å². The molecule has 7 heteroatoms. The normalized spacial score (nSPS) is 26.4. The second kappa shape index (κ2) is 9.04. The zero-order valence-electron chi connectivity index (χ0n) is 23.7. The lowest BCUT2D eigenvalue weighted by Gasteiger charge is -2.18. The maximum Gasteiger partial charge on any atom is 0.321 e. The number of carbonyl (C=O) groups is 2. The van der Waals surface area contributed by atoms with Gasteiger partial charge in [-0.3, -0.25) is 9.59 Å². The van der Waals surface area contributed by atoms with Gasteiger partial charge in [0.05, 0.1) is 12.8 Å². The third-order valence-corrected chi connectivity index (χ3v) is 9.03. The minimum absolute atomic E-state index is 0.130. The Bertz CT molecular complexity index is 1740. The minimum Gasteiger partial charge on any atom is -0.468 e. The van der Waals surface area contributed by atoms with E-state index in [1.807, 2.05) is 6.92 Å². The van der Waals surface area contributed by atoms with Crippen LogP contribution in [0.25, 0.3) is 23.8 Å². The molecule has 6 rings (SSSR count). The maximum absolute atomic E-state index is 13.9. The molecular weight excluding hydrogens is 488 g/mol. The number of aromatic nitrogens is 3. The lowest BCUT2D eigenvalue weighted by molar-refractivity contribution is -0.141. The molecule has 0 spiro atoms. The zero-order valence-corrected chi connectivity index (χ0v) is 23.7. The molecule has 3 atom stereocenters. The van der Waals surface area contributed by atoms with Crippen molar-refractivity contribution in [3.05, 3.63) is 78.8 Å². The van der Waals surface area contributed by atoms with E-state index >= 15 is 0 Å². The second-order valence-corrected chi connectivity index (χ2v) is 11.1. The predicted molar refractivity (Wildman–Crippen MR) is 153 cm³/mol. The first-order chi connectivity index (χ1) is 18.7. The Hall–Kier alpha value is -4.00. The van der Waals surface area contributed by atoms with Gasteiger partial charge in [0.2, 0.25) is 0 Å². The number of methoxy groups -OCH3 is 1. The number of nitrogens with one attached hydrogen (secondary N) is 4. The van der Waals surface area contributed by atoms with E-state index in [1.54, 1.807) is 0 Å². The number of hydrogen-bond donors (Lipinski definition) is 4. The number of ether oxygens (including phenoxy) is 1. The van der Waals surface area contributed by atoms with Crippen molar-refractivity contribution in [2.24, 2.45) is 17.8 Å². The van der Waals surface area contributed by atoms with Gasteiger partial charge in [-0.2, -0.15) is 0 Å². The Morgan fingerprint density at radius 2 is 1.74 bits per heavy atom. The lowest BCUT2D eigenvalue weighted by Crippen LogP contribution is -2.25. The number of ketones is 1. The first-order valence-electron chi connectivity index (χ1n) is 13.9. The van der Waals surface area contributed by atoms with E-state index in [-0.39, 0.29) is 17.6 Å². The molecular formula is C32H36N4O3. The number of allylic oxidation sites excluding steroid dienone is 2. The van der Waals surface area contributed by atoms with Crippen LogP contribution in [0.4, 0.5) is 0 Å². The summed E-state index contributed by atoms with van der Waals surface area (Å²) in [6.45, 7) is 12.7. The highest BCUT2D eigenvalue weighted by Gasteiger charge is 2.48. The van der Waals surface area contributed by atoms with Crippen molar-refractivity contribution in [2.75, 3.05) is 7.11 Å². The van der Waals surface area contributed by atoms with Crippen LogP contribution in [0.15, 0.2) is 17.5 Å². The van der Waals surface area contributed by atoms with Gasteiger partial charge in [-0.15, -0.1) is 0 Å². The number of H-pyrrole nitrogens is 3. The minimum atomic E-state index is -0.982. The molecule has 2 aliphatic heterocycles. The van der Waals surface area contributed by atoms with Gasteiger partial charge in [0.25, 0.3) is 0 Å². The summed E-state index contributed by atoms with van der Waals surface area (Å²) in [5.41, 5.74) is 11.4. The summed E-state index contributed by atoms with van der Waals surface area (Å²) < 4.78 is 5.17. The number of hydrogen-bond acceptors (Lipinski definition) is 4. The highest BCUT2D eigenvalue weighted by atomic mass is 16.5. The third-order valence-electron chi connectivity index (χ3n) is 9.03. The molecule has 3 aromatic heterocycles. The lowest BCUT2D eigenvalue weighted by atomic mass is 9.86. The van der Waals surface area contributed by atoms with Crippen LogP contribution < -0.4 is 16.0 Å². The van der Waals surface area contributed by atoms with E-state index in [0.717, 1.165) is 74.4 Å². The van der Waals surface area contributed by atoms with Crippen LogP contribution in [-0.4, -0.2) is 33.8 Å². The van der Waals surface area contributed by atoms with Gasteiger partial charge in [0, 0.05) is 62.1 Å². The predicted octanol–water partition coefficient (Wildman–Crippen LogP) is 4.13. The highest BCUT2D eigenvalue weighted by Crippen LogP contribution is 2.47. The van der Waals surface area contributed by atoms with E-state index < -0.39 is 11.9 Å². The van der Waals surface area contributed by atoms with E-state index in [1.165, 1.54) is 18.2 Å². The molecule has 39 heavy (non-hydrogen) atoms. The molecule has 5 heterocycles. The first-order valence-corrected chi connectivity index (χ1v) is 13.9. The Kier molecular flexibility index (Phi) is 5.86. The summed E-state index contributed by atoms with van der Waals surface area (Å²) in [7, 11) is 1.35. The average Bonchev–Trinajstić information content (AvgIpc) is 3.65. The summed E-state index contributed by atoms with van der Waals surface area (Å²) in [6, 6.07) is 2.17. The fourth-order valence-corrected chi connectivity index (χ4v) is 6.83. The number of esters is 1. The van der Waals surface area contributed by atoms with Gasteiger partial charge in [-0.05, 0) is 80.2 Å². The largest absolute Gasteiger partial charge is 0.468 e. The second-order valence-electron chi connectivity index (χ2n) is 11.1. The van der Waals surface area contributed by atoms with Gasteiger partial charge in [0.1, 0.15) is 5.92 Å². The molecule has 4 N–H and O–H groups in total. The number of fused-ring (bicyclic) bond motifs is 7. The molecule has 1 saturated heterocycles. The molecule has 0 saturated carbocycles. The van der Waals surface area contributed by atoms with Crippen molar-refractivity contribution in [2.45, 2.75) is 54.4 Å². The number of aryl methyl sites for hydroxylation is 1. The van der Waals surface area contributed by atoms with Crippen molar-refractivity contribution in [1.29, 1.82) is 0 Å². The molecule has 0 radical (unpaired) electrons. The zero-order chi connectivity index (χ0) is 27.7. The molecule has 0 unspecified atom stereocenters. The number of aromatic amines is 3. The van der Waals surface area contributed by atoms with Crippen LogP contribution in [0.3, 0.4) is 0 Å². The molecule has 7 nitrogen and oxygen atoms in total. The summed E-state index contributed by atoms with van der Waals surface area (Å²) in [4.78, 5) is 37.7. The topological polar surface area (TPSA) is 103 Å². The van der Waals surface area contributed by atoms with E-state index in [9.17, 15) is 9.59 Å². The fourth-order valence-electron chi connectivity index (χ4n) is 6.83. The Morgan fingerprint density at radius 3 is 2.44 bits per heavy atom. The summed E-state index contributed by atoms with van der Waals surface area (Å²) >= 11 is 0. The number of Topliss-reactive ketones (excluding diaryl/α,β-unsaturated/α-hetero) is 1. The van der Waals surface area contributed by atoms with Crippen molar-refractivity contribution in [3.8, 4) is 0 Å². The molecule has 0 aromatic carbocycles. The summed E-state index contributed by atoms with van der Waals surface area (Å²) in [5.74, 6) is -1.39. The van der Waals surface area contributed by atoms with Crippen LogP contribution >= 0.6 is 0 Å². The van der Waals surface area contributed by atoms with Crippen molar-refractivity contribution < 1.29 is 14.3 Å². The summed E-state index contributed by atoms with van der Waals surface area (Å²) in [6.07, 6.45) is 8.19. The van der Waals surface area contributed by atoms with Gasteiger partial charge in [-0.1, -0.05) is 20.8 Å². The van der Waals surface area contributed by atoms with Crippen LogP contribution in [0.5, 0.6) is 0 Å². The van der Waals surface area contributed by atoms with E-state index in [0.29, 0.717) is 5.56 Å². The Labute approximate surface area is 228 Å². The molecule has 3 aromatic rings. The molecule has 1 fully saturated rings. The van der Waals surface area contributed by atoms with Gasteiger partial charge < -0.3 is 25.0 Å². The van der Waals surface area contributed by atoms with Crippen LogP contribution in [0.1, 0.15) is 82.6 Å². The van der Waals surface area contributed by atoms with Crippen molar-refractivity contribution in [3.63, 3.8) is 0 Å². The SMILES string of the molecule is CCc1c(C)/c2[nH]/c1=C\c1[nH]c3c(c1C)C(=O)[C@H](C(=O)OC)/C3=C1/N/C(=C\c3[nH]c(cc3C)\C=2)[C@@H](C)[C@@H]1CC. The molecule has 8 bridgehead atoms. The van der Waals surface area contributed by atoms with Crippen LogP contribution in [-0.2, 0) is 16.0 Å². The molecule has 3 aliphatic rings. The monoisotopic (exact) mass is 524 g/mol. The van der Waals surface area contributed by atoms with Crippen LogP contribution in [0.2, 0.25) is 0 Å². The van der Waals surface area contributed by atoms with Crippen molar-refractivity contribution in [1.82, 2.24) is 20.3 Å². The quantitative estimate of drug-likeness (QED) is 0.306. The van der Waals surface area contributed by atoms with E-state index in [2.05, 4.69) is 79.2 Å². The molecule has 1 aliphatic carbocycles. The van der Waals surface area contributed by atoms with Gasteiger partial charge >= 0.3 is 5.97 Å².